The monoisotopic (exact) mass is 238 g/mol. The summed E-state index contributed by atoms with van der Waals surface area (Å²) in [5.74, 6) is -0.938. The number of benzene rings is 2. The number of hydrogen-bond acceptors (Lipinski definition) is 5. The molecule has 6 heteroatoms. The maximum atomic E-state index is 11.0. The number of phenolic OH excluding ortho intramolecular Hbond substituents is 2. The van der Waals surface area contributed by atoms with Crippen molar-refractivity contribution in [1.29, 1.82) is 0 Å². The van der Waals surface area contributed by atoms with E-state index in [4.69, 9.17) is 5.73 Å². The highest BCUT2D eigenvalue weighted by Crippen LogP contribution is 2.42. The highest BCUT2D eigenvalue weighted by Gasteiger charge is 2.16. The van der Waals surface area contributed by atoms with Gasteiger partial charge in [0.2, 0.25) is 0 Å². The molecule has 0 saturated carbocycles. The first-order valence-corrected chi connectivity index (χ1v) is 5.43. The summed E-state index contributed by atoms with van der Waals surface area (Å²) >= 11 is -2.62. The van der Waals surface area contributed by atoms with Gasteiger partial charge >= 0.3 is 0 Å². The summed E-state index contributed by atoms with van der Waals surface area (Å²) in [6.07, 6.45) is 0. The smallest absolute Gasteiger partial charge is 0.157 e. The van der Waals surface area contributed by atoms with Crippen molar-refractivity contribution in [2.45, 2.75) is 4.90 Å². The van der Waals surface area contributed by atoms with Crippen LogP contribution in [0, 0.1) is 0 Å². The molecule has 0 radical (unpaired) electrons. The van der Waals surface area contributed by atoms with Crippen LogP contribution in [-0.4, -0.2) is 19.0 Å². The minimum Gasteiger partial charge on any atom is -0.768 e. The van der Waals surface area contributed by atoms with E-state index in [1.54, 1.807) is 12.1 Å². The predicted molar refractivity (Wildman–Crippen MR) is 58.9 cm³/mol. The number of rotatable bonds is 1. The zero-order valence-corrected chi connectivity index (χ0v) is 8.82. The van der Waals surface area contributed by atoms with Gasteiger partial charge in [-0.2, -0.15) is 0 Å². The molecule has 16 heavy (non-hydrogen) atoms. The minimum absolute atomic E-state index is 0.236. The van der Waals surface area contributed by atoms with Crippen LogP contribution in [0.4, 0.5) is 5.69 Å². The fourth-order valence-electron chi connectivity index (χ4n) is 1.56. The van der Waals surface area contributed by atoms with Gasteiger partial charge in [-0.05, 0) is 11.1 Å². The van der Waals surface area contributed by atoms with Gasteiger partial charge in [0, 0.05) is 10.8 Å². The summed E-state index contributed by atoms with van der Waals surface area (Å²) in [5, 5.41) is 19.8. The van der Waals surface area contributed by atoms with Gasteiger partial charge in [-0.3, -0.25) is 4.21 Å². The minimum atomic E-state index is -2.62. The first-order chi connectivity index (χ1) is 7.54. The number of phenols is 2. The van der Waals surface area contributed by atoms with Crippen LogP contribution in [0.1, 0.15) is 0 Å². The number of hydrogen-bond donors (Lipinski definition) is 3. The lowest BCUT2D eigenvalue weighted by atomic mass is 10.1. The summed E-state index contributed by atoms with van der Waals surface area (Å²) in [7, 11) is 0. The van der Waals surface area contributed by atoms with Crippen molar-refractivity contribution >= 4 is 27.5 Å². The summed E-state index contributed by atoms with van der Waals surface area (Å²) in [6.45, 7) is 0. The Labute approximate surface area is 93.4 Å². The normalized spacial score (nSPS) is 12.8. The largest absolute Gasteiger partial charge is 0.768 e. The van der Waals surface area contributed by atoms with Crippen LogP contribution >= 0.6 is 0 Å². The van der Waals surface area contributed by atoms with Gasteiger partial charge in [0.15, 0.2) is 5.75 Å². The van der Waals surface area contributed by atoms with Crippen LogP contribution in [0.25, 0.3) is 10.8 Å². The summed E-state index contributed by atoms with van der Waals surface area (Å²) in [6, 6.07) is 6.25. The van der Waals surface area contributed by atoms with Crippen molar-refractivity contribution in [2.24, 2.45) is 0 Å². The van der Waals surface area contributed by atoms with E-state index in [1.165, 1.54) is 12.1 Å². The molecule has 0 aliphatic carbocycles. The van der Waals surface area contributed by atoms with Gasteiger partial charge in [0.25, 0.3) is 0 Å². The first kappa shape index (κ1) is 10.7. The molecule has 0 heterocycles. The Morgan fingerprint density at radius 1 is 1.12 bits per heavy atom. The molecule has 0 bridgehead atoms. The van der Waals surface area contributed by atoms with E-state index in [0.29, 0.717) is 0 Å². The van der Waals surface area contributed by atoms with E-state index in [9.17, 15) is 19.0 Å². The Kier molecular flexibility index (Phi) is 2.45. The van der Waals surface area contributed by atoms with Gasteiger partial charge < -0.3 is 20.5 Å². The molecule has 5 nitrogen and oxygen atoms in total. The zero-order chi connectivity index (χ0) is 11.9. The molecule has 0 amide bonds. The molecule has 4 N–H and O–H groups in total. The van der Waals surface area contributed by atoms with Gasteiger partial charge in [0.1, 0.15) is 11.4 Å². The van der Waals surface area contributed by atoms with Crippen molar-refractivity contribution in [2.75, 3.05) is 5.73 Å². The highest BCUT2D eigenvalue weighted by molar-refractivity contribution is 7.79. The number of nitrogen functional groups attached to an aromatic ring is 1. The van der Waals surface area contributed by atoms with Gasteiger partial charge in [-0.25, -0.2) is 0 Å². The second-order valence-electron chi connectivity index (χ2n) is 3.22. The molecule has 0 aromatic heterocycles. The van der Waals surface area contributed by atoms with Crippen LogP contribution in [0.2, 0.25) is 0 Å². The Morgan fingerprint density at radius 2 is 1.69 bits per heavy atom. The standard InChI is InChI=1S/C10H9NO4S/c11-7-8(12)5-3-1-2-4-6(5)10(9(7)13)16(14)15/h1-4,12-13H,11H2,(H,14,15)/p-1. The third kappa shape index (κ3) is 1.39. The number of anilines is 1. The van der Waals surface area contributed by atoms with Crippen LogP contribution in [0.15, 0.2) is 29.2 Å². The molecule has 84 valence electrons. The third-order valence-corrected chi connectivity index (χ3v) is 3.07. The molecular formula is C10H8NO4S-. The molecule has 0 aliphatic heterocycles. The Bertz CT molecular complexity index is 597. The summed E-state index contributed by atoms with van der Waals surface area (Å²) in [5.41, 5.74) is 5.08. The molecule has 0 spiro atoms. The number of fused-ring (bicyclic) bond motifs is 1. The van der Waals surface area contributed by atoms with E-state index in [1.807, 2.05) is 0 Å². The number of nitrogens with two attached hydrogens (primary N) is 1. The highest BCUT2D eigenvalue weighted by atomic mass is 32.2. The Morgan fingerprint density at radius 3 is 2.25 bits per heavy atom. The van der Waals surface area contributed by atoms with Crippen molar-refractivity contribution in [3.05, 3.63) is 24.3 Å². The molecular weight excluding hydrogens is 230 g/mol. The summed E-state index contributed by atoms with van der Waals surface area (Å²) < 4.78 is 22.0. The van der Waals surface area contributed by atoms with Gasteiger partial charge in [0.05, 0.1) is 4.90 Å². The van der Waals surface area contributed by atoms with Crippen molar-refractivity contribution in [3.8, 4) is 11.5 Å². The quantitative estimate of drug-likeness (QED) is 0.391. The Balaban J connectivity index is 3.04. The van der Waals surface area contributed by atoms with Crippen LogP contribution in [-0.2, 0) is 11.1 Å². The lowest BCUT2D eigenvalue weighted by molar-refractivity contribution is 0.447. The van der Waals surface area contributed by atoms with E-state index in [2.05, 4.69) is 0 Å². The van der Waals surface area contributed by atoms with Crippen LogP contribution < -0.4 is 5.73 Å². The fourth-order valence-corrected chi connectivity index (χ4v) is 2.19. The third-order valence-electron chi connectivity index (χ3n) is 2.32. The summed E-state index contributed by atoms with van der Waals surface area (Å²) in [4.78, 5) is -0.300. The maximum absolute atomic E-state index is 11.0. The second kappa shape index (κ2) is 3.66. The average molecular weight is 238 g/mol. The lowest BCUT2D eigenvalue weighted by Crippen LogP contribution is -1.96. The lowest BCUT2D eigenvalue weighted by Gasteiger charge is -2.14. The van der Waals surface area contributed by atoms with Crippen molar-refractivity contribution in [1.82, 2.24) is 0 Å². The molecule has 1 unspecified atom stereocenters. The SMILES string of the molecule is Nc1c(O)c(S(=O)[O-])c2ccccc2c1O. The van der Waals surface area contributed by atoms with E-state index >= 15 is 0 Å². The fraction of sp³-hybridized carbons (Fsp3) is 0. The van der Waals surface area contributed by atoms with E-state index in [0.717, 1.165) is 0 Å². The van der Waals surface area contributed by atoms with E-state index in [-0.39, 0.29) is 27.1 Å². The van der Waals surface area contributed by atoms with Crippen LogP contribution in [0.3, 0.4) is 0 Å². The molecule has 0 saturated heterocycles. The molecule has 0 aliphatic rings. The van der Waals surface area contributed by atoms with Gasteiger partial charge in [-0.15, -0.1) is 0 Å². The van der Waals surface area contributed by atoms with Crippen LogP contribution in [0.5, 0.6) is 11.5 Å². The van der Waals surface area contributed by atoms with Crippen molar-refractivity contribution in [3.63, 3.8) is 0 Å². The Hall–Kier alpha value is -1.79. The zero-order valence-electron chi connectivity index (χ0n) is 8.01. The molecule has 2 aromatic carbocycles. The molecule has 2 rings (SSSR count). The molecule has 2 aromatic rings. The topological polar surface area (TPSA) is 107 Å². The average Bonchev–Trinajstić information content (AvgIpc) is 2.26. The maximum Gasteiger partial charge on any atom is 0.157 e. The first-order valence-electron chi connectivity index (χ1n) is 4.35. The van der Waals surface area contributed by atoms with Gasteiger partial charge in [-0.1, -0.05) is 24.3 Å². The molecule has 1 atom stereocenters. The number of aromatic hydroxyl groups is 2. The predicted octanol–water partition coefficient (Wildman–Crippen LogP) is 1.07. The second-order valence-corrected chi connectivity index (χ2v) is 4.10. The van der Waals surface area contributed by atoms with Crippen molar-refractivity contribution < 1.29 is 19.0 Å². The molecule has 0 fully saturated rings. The van der Waals surface area contributed by atoms with E-state index < -0.39 is 16.8 Å².